The van der Waals surface area contributed by atoms with Crippen LogP contribution < -0.4 is 0 Å². The smallest absolute Gasteiger partial charge is 0.185 e. The SMILES string of the molecule is CC1C/C(=C\c2ccccc2)C(=O)/C1=C\c1ccccc1. The quantitative estimate of drug-likeness (QED) is 0.721. The van der Waals surface area contributed by atoms with Crippen molar-refractivity contribution in [3.63, 3.8) is 0 Å². The first kappa shape index (κ1) is 13.6. The van der Waals surface area contributed by atoms with E-state index in [1.54, 1.807) is 0 Å². The maximum atomic E-state index is 12.6. The van der Waals surface area contributed by atoms with Crippen LogP contribution in [-0.4, -0.2) is 5.78 Å². The Bertz CT molecular complexity index is 693. The van der Waals surface area contributed by atoms with Crippen LogP contribution in [-0.2, 0) is 4.79 Å². The zero-order valence-corrected chi connectivity index (χ0v) is 12.1. The van der Waals surface area contributed by atoms with Crippen LogP contribution in [0.2, 0.25) is 0 Å². The molecule has 104 valence electrons. The van der Waals surface area contributed by atoms with Crippen molar-refractivity contribution >= 4 is 17.9 Å². The summed E-state index contributed by atoms with van der Waals surface area (Å²) < 4.78 is 0. The summed E-state index contributed by atoms with van der Waals surface area (Å²) in [5, 5.41) is 0. The maximum Gasteiger partial charge on any atom is 0.185 e. The van der Waals surface area contributed by atoms with E-state index in [2.05, 4.69) is 6.92 Å². The second-order valence-electron chi connectivity index (χ2n) is 5.52. The van der Waals surface area contributed by atoms with Gasteiger partial charge in [-0.3, -0.25) is 4.79 Å². The average molecular weight is 274 g/mol. The van der Waals surface area contributed by atoms with E-state index in [-0.39, 0.29) is 11.7 Å². The lowest BCUT2D eigenvalue weighted by molar-refractivity contribution is -0.111. The van der Waals surface area contributed by atoms with Gasteiger partial charge in [-0.15, -0.1) is 0 Å². The van der Waals surface area contributed by atoms with Gasteiger partial charge in [-0.2, -0.15) is 0 Å². The third-order valence-corrected chi connectivity index (χ3v) is 3.87. The van der Waals surface area contributed by atoms with Gasteiger partial charge in [0.05, 0.1) is 0 Å². The predicted octanol–water partition coefficient (Wildman–Crippen LogP) is 4.76. The Labute approximate surface area is 125 Å². The zero-order valence-electron chi connectivity index (χ0n) is 12.1. The molecule has 0 aliphatic heterocycles. The van der Waals surface area contributed by atoms with E-state index in [1.165, 1.54) is 0 Å². The Morgan fingerprint density at radius 1 is 0.857 bits per heavy atom. The lowest BCUT2D eigenvalue weighted by atomic mass is 10.0. The lowest BCUT2D eigenvalue weighted by Crippen LogP contribution is -1.98. The fourth-order valence-corrected chi connectivity index (χ4v) is 2.75. The summed E-state index contributed by atoms with van der Waals surface area (Å²) in [6.45, 7) is 2.12. The molecule has 1 atom stereocenters. The average Bonchev–Trinajstić information content (AvgIpc) is 2.77. The molecule has 1 aliphatic carbocycles. The standard InChI is InChI=1S/C20H18O/c1-15-12-18(13-16-8-4-2-5-9-16)20(21)19(15)14-17-10-6-3-7-11-17/h2-11,13-15H,12H2,1H3/b18-13+,19-14-. The summed E-state index contributed by atoms with van der Waals surface area (Å²) in [7, 11) is 0. The normalized spacial score (nSPS) is 22.1. The van der Waals surface area contributed by atoms with Gasteiger partial charge in [0.1, 0.15) is 0 Å². The molecule has 0 heterocycles. The first-order valence-electron chi connectivity index (χ1n) is 7.31. The monoisotopic (exact) mass is 274 g/mol. The van der Waals surface area contributed by atoms with E-state index in [0.717, 1.165) is 28.7 Å². The predicted molar refractivity (Wildman–Crippen MR) is 87.6 cm³/mol. The largest absolute Gasteiger partial charge is 0.289 e. The molecule has 2 aromatic rings. The van der Waals surface area contributed by atoms with Gasteiger partial charge in [-0.1, -0.05) is 67.6 Å². The lowest BCUT2D eigenvalue weighted by Gasteiger charge is -2.01. The molecule has 0 radical (unpaired) electrons. The minimum Gasteiger partial charge on any atom is -0.289 e. The molecular weight excluding hydrogens is 256 g/mol. The molecule has 0 amide bonds. The second kappa shape index (κ2) is 5.92. The number of benzene rings is 2. The van der Waals surface area contributed by atoms with E-state index in [0.29, 0.717) is 0 Å². The van der Waals surface area contributed by atoms with Crippen LogP contribution in [0.15, 0.2) is 71.8 Å². The van der Waals surface area contributed by atoms with E-state index >= 15 is 0 Å². The molecule has 1 nitrogen and oxygen atoms in total. The van der Waals surface area contributed by atoms with Crippen LogP contribution in [0, 0.1) is 5.92 Å². The molecule has 1 saturated carbocycles. The topological polar surface area (TPSA) is 17.1 Å². The number of Topliss-reactive ketones (excluding diaryl/α,β-unsaturated/α-hetero) is 1. The van der Waals surface area contributed by atoms with Crippen molar-refractivity contribution in [3.8, 4) is 0 Å². The van der Waals surface area contributed by atoms with Gasteiger partial charge in [0.25, 0.3) is 0 Å². The number of carbonyl (C=O) groups is 1. The highest BCUT2D eigenvalue weighted by Gasteiger charge is 2.29. The van der Waals surface area contributed by atoms with Crippen LogP contribution in [0.5, 0.6) is 0 Å². The minimum atomic E-state index is 0.190. The number of hydrogen-bond acceptors (Lipinski definition) is 1. The van der Waals surface area contributed by atoms with E-state index in [9.17, 15) is 4.79 Å². The Hall–Kier alpha value is -2.41. The first-order valence-corrected chi connectivity index (χ1v) is 7.31. The molecule has 0 aromatic heterocycles. The highest BCUT2D eigenvalue weighted by molar-refractivity contribution is 6.16. The Morgan fingerprint density at radius 2 is 1.38 bits per heavy atom. The Kier molecular flexibility index (Phi) is 3.83. The van der Waals surface area contributed by atoms with Crippen molar-refractivity contribution < 1.29 is 4.79 Å². The van der Waals surface area contributed by atoms with Crippen molar-refractivity contribution in [1.82, 2.24) is 0 Å². The summed E-state index contributed by atoms with van der Waals surface area (Å²) >= 11 is 0. The summed E-state index contributed by atoms with van der Waals surface area (Å²) in [5.74, 6) is 0.475. The summed E-state index contributed by atoms with van der Waals surface area (Å²) in [4.78, 5) is 12.6. The number of rotatable bonds is 2. The molecule has 0 spiro atoms. The Morgan fingerprint density at radius 3 is 1.95 bits per heavy atom. The van der Waals surface area contributed by atoms with Crippen LogP contribution in [0.4, 0.5) is 0 Å². The van der Waals surface area contributed by atoms with Crippen LogP contribution in [0.1, 0.15) is 24.5 Å². The highest BCUT2D eigenvalue weighted by Crippen LogP contribution is 2.34. The van der Waals surface area contributed by atoms with Gasteiger partial charge in [0.2, 0.25) is 0 Å². The number of allylic oxidation sites excluding steroid dienone is 2. The van der Waals surface area contributed by atoms with Crippen molar-refractivity contribution in [2.24, 2.45) is 5.92 Å². The van der Waals surface area contributed by atoms with Crippen molar-refractivity contribution in [2.45, 2.75) is 13.3 Å². The molecular formula is C20H18O. The summed E-state index contributed by atoms with van der Waals surface area (Å²) in [6, 6.07) is 20.1. The second-order valence-corrected chi connectivity index (χ2v) is 5.52. The van der Waals surface area contributed by atoms with Crippen molar-refractivity contribution in [2.75, 3.05) is 0 Å². The van der Waals surface area contributed by atoms with E-state index in [1.807, 2.05) is 72.8 Å². The molecule has 1 aliphatic rings. The molecule has 0 bridgehead atoms. The molecule has 1 heteroatoms. The molecule has 0 N–H and O–H groups in total. The van der Waals surface area contributed by atoms with Crippen molar-refractivity contribution in [1.29, 1.82) is 0 Å². The molecule has 1 unspecified atom stereocenters. The van der Waals surface area contributed by atoms with Crippen LogP contribution in [0.3, 0.4) is 0 Å². The fourth-order valence-electron chi connectivity index (χ4n) is 2.75. The van der Waals surface area contributed by atoms with Gasteiger partial charge < -0.3 is 0 Å². The number of ketones is 1. The molecule has 3 rings (SSSR count). The third-order valence-electron chi connectivity index (χ3n) is 3.87. The summed E-state index contributed by atoms with van der Waals surface area (Å²) in [6.07, 6.45) is 4.87. The van der Waals surface area contributed by atoms with Gasteiger partial charge in [-0.05, 0) is 35.6 Å². The maximum absolute atomic E-state index is 12.6. The van der Waals surface area contributed by atoms with Crippen molar-refractivity contribution in [3.05, 3.63) is 82.9 Å². The molecule has 1 fully saturated rings. The van der Waals surface area contributed by atoms with Crippen LogP contribution >= 0.6 is 0 Å². The summed E-state index contributed by atoms with van der Waals surface area (Å²) in [5.41, 5.74) is 4.02. The molecule has 2 aromatic carbocycles. The fraction of sp³-hybridized carbons (Fsp3) is 0.150. The van der Waals surface area contributed by atoms with Gasteiger partial charge in [-0.25, -0.2) is 0 Å². The van der Waals surface area contributed by atoms with Gasteiger partial charge in [0.15, 0.2) is 5.78 Å². The molecule has 0 saturated heterocycles. The number of carbonyl (C=O) groups excluding carboxylic acids is 1. The van der Waals surface area contributed by atoms with Gasteiger partial charge >= 0.3 is 0 Å². The van der Waals surface area contributed by atoms with Crippen LogP contribution in [0.25, 0.3) is 12.2 Å². The first-order chi connectivity index (χ1) is 10.2. The third kappa shape index (κ3) is 3.03. The molecule has 21 heavy (non-hydrogen) atoms. The van der Waals surface area contributed by atoms with Gasteiger partial charge in [0, 0.05) is 11.1 Å². The zero-order chi connectivity index (χ0) is 14.7. The number of hydrogen-bond donors (Lipinski definition) is 0. The highest BCUT2D eigenvalue weighted by atomic mass is 16.1. The van der Waals surface area contributed by atoms with E-state index in [4.69, 9.17) is 0 Å². The minimum absolute atomic E-state index is 0.190. The van der Waals surface area contributed by atoms with E-state index < -0.39 is 0 Å². The Balaban J connectivity index is 1.91.